The predicted molar refractivity (Wildman–Crippen MR) is 69.2 cm³/mol. The lowest BCUT2D eigenvalue weighted by atomic mass is 10.2. The fourth-order valence-corrected chi connectivity index (χ4v) is 2.72. The van der Waals surface area contributed by atoms with Crippen LogP contribution in [0.3, 0.4) is 0 Å². The van der Waals surface area contributed by atoms with Gasteiger partial charge in [-0.25, -0.2) is 4.79 Å². The molecule has 1 saturated carbocycles. The van der Waals surface area contributed by atoms with E-state index in [2.05, 4.69) is 18.3 Å². The Labute approximate surface area is 106 Å². The second-order valence-electron chi connectivity index (χ2n) is 4.28. The van der Waals surface area contributed by atoms with Crippen LogP contribution in [-0.2, 0) is 16.0 Å². The number of thiophene rings is 1. The molecule has 1 unspecified atom stereocenters. The Hall–Kier alpha value is -0.870. The third kappa shape index (κ3) is 3.30. The standard InChI is InChI=1S/C13H19NO2S/c1-3-10-7-8-11(17-10)12(13(15)16-4-2)14-9-5-6-9/h7-9,12,14H,3-6H2,1-2H3. The number of nitrogens with one attached hydrogen (secondary N) is 1. The van der Waals surface area contributed by atoms with Gasteiger partial charge in [-0.1, -0.05) is 6.92 Å². The average molecular weight is 253 g/mol. The Kier molecular flexibility index (Phi) is 4.18. The Morgan fingerprint density at radius 1 is 1.53 bits per heavy atom. The molecule has 1 N–H and O–H groups in total. The van der Waals surface area contributed by atoms with E-state index in [1.807, 2.05) is 13.0 Å². The second kappa shape index (κ2) is 5.65. The Bertz CT molecular complexity index is 385. The van der Waals surface area contributed by atoms with Crippen molar-refractivity contribution in [2.75, 3.05) is 6.61 Å². The Balaban J connectivity index is 2.09. The molecule has 0 radical (unpaired) electrons. The van der Waals surface area contributed by atoms with Crippen molar-refractivity contribution >= 4 is 17.3 Å². The minimum Gasteiger partial charge on any atom is -0.465 e. The van der Waals surface area contributed by atoms with E-state index >= 15 is 0 Å². The summed E-state index contributed by atoms with van der Waals surface area (Å²) in [5.41, 5.74) is 0. The minimum atomic E-state index is -0.271. The number of esters is 1. The van der Waals surface area contributed by atoms with Crippen molar-refractivity contribution in [1.82, 2.24) is 5.32 Å². The zero-order valence-corrected chi connectivity index (χ0v) is 11.2. The maximum atomic E-state index is 11.9. The topological polar surface area (TPSA) is 38.3 Å². The monoisotopic (exact) mass is 253 g/mol. The Morgan fingerprint density at radius 3 is 2.82 bits per heavy atom. The number of aryl methyl sites for hydroxylation is 1. The predicted octanol–water partition coefficient (Wildman–Crippen LogP) is 2.67. The van der Waals surface area contributed by atoms with Crippen molar-refractivity contribution in [3.8, 4) is 0 Å². The smallest absolute Gasteiger partial charge is 0.328 e. The quantitative estimate of drug-likeness (QED) is 0.792. The first-order valence-electron chi connectivity index (χ1n) is 6.25. The molecule has 1 aromatic heterocycles. The molecule has 0 saturated heterocycles. The van der Waals surface area contributed by atoms with Crippen molar-refractivity contribution in [3.05, 3.63) is 21.9 Å². The van der Waals surface area contributed by atoms with E-state index in [1.54, 1.807) is 11.3 Å². The molecule has 2 rings (SSSR count). The molecule has 1 atom stereocenters. The zero-order chi connectivity index (χ0) is 12.3. The summed E-state index contributed by atoms with van der Waals surface area (Å²) in [5.74, 6) is -0.149. The van der Waals surface area contributed by atoms with Crippen LogP contribution in [0.2, 0.25) is 0 Å². The van der Waals surface area contributed by atoms with Crippen LogP contribution < -0.4 is 5.32 Å². The summed E-state index contributed by atoms with van der Waals surface area (Å²) in [4.78, 5) is 14.3. The summed E-state index contributed by atoms with van der Waals surface area (Å²) in [7, 11) is 0. The molecule has 0 amide bonds. The number of rotatable bonds is 6. The highest BCUT2D eigenvalue weighted by Crippen LogP contribution is 2.29. The maximum Gasteiger partial charge on any atom is 0.328 e. The molecule has 1 heterocycles. The summed E-state index contributed by atoms with van der Waals surface area (Å²) >= 11 is 1.70. The molecule has 1 aromatic rings. The van der Waals surface area contributed by atoms with Crippen LogP contribution in [0.25, 0.3) is 0 Å². The van der Waals surface area contributed by atoms with Crippen LogP contribution >= 0.6 is 11.3 Å². The maximum absolute atomic E-state index is 11.9. The molecular formula is C13H19NO2S. The molecular weight excluding hydrogens is 234 g/mol. The van der Waals surface area contributed by atoms with Crippen molar-refractivity contribution in [1.29, 1.82) is 0 Å². The van der Waals surface area contributed by atoms with Gasteiger partial charge >= 0.3 is 5.97 Å². The molecule has 0 bridgehead atoms. The average Bonchev–Trinajstić information content (AvgIpc) is 3.02. The summed E-state index contributed by atoms with van der Waals surface area (Å²) in [6.07, 6.45) is 3.35. The number of carbonyl (C=O) groups is 1. The van der Waals surface area contributed by atoms with Gasteiger partial charge in [-0.15, -0.1) is 11.3 Å². The number of hydrogen-bond donors (Lipinski definition) is 1. The lowest BCUT2D eigenvalue weighted by molar-refractivity contribution is -0.145. The molecule has 1 fully saturated rings. The summed E-state index contributed by atoms with van der Waals surface area (Å²) in [5, 5.41) is 3.37. The van der Waals surface area contributed by atoms with Gasteiger partial charge in [-0.2, -0.15) is 0 Å². The SMILES string of the molecule is CCOC(=O)C(NC1CC1)c1ccc(CC)s1. The zero-order valence-electron chi connectivity index (χ0n) is 10.4. The van der Waals surface area contributed by atoms with E-state index in [0.29, 0.717) is 12.6 Å². The van der Waals surface area contributed by atoms with Crippen molar-refractivity contribution in [2.45, 2.75) is 45.2 Å². The highest BCUT2D eigenvalue weighted by Gasteiger charge is 2.31. The first-order chi connectivity index (χ1) is 8.24. The van der Waals surface area contributed by atoms with Gasteiger partial charge < -0.3 is 4.74 Å². The minimum absolute atomic E-state index is 0.149. The molecule has 17 heavy (non-hydrogen) atoms. The summed E-state index contributed by atoms with van der Waals surface area (Å²) in [6, 6.07) is 4.37. The van der Waals surface area contributed by atoms with Crippen LogP contribution in [0.15, 0.2) is 12.1 Å². The number of hydrogen-bond acceptors (Lipinski definition) is 4. The molecule has 0 spiro atoms. The van der Waals surface area contributed by atoms with Crippen molar-refractivity contribution in [3.63, 3.8) is 0 Å². The molecule has 94 valence electrons. The summed E-state index contributed by atoms with van der Waals surface area (Å²) < 4.78 is 5.14. The van der Waals surface area contributed by atoms with Crippen LogP contribution in [0.5, 0.6) is 0 Å². The molecule has 1 aliphatic rings. The highest BCUT2D eigenvalue weighted by atomic mass is 32.1. The fraction of sp³-hybridized carbons (Fsp3) is 0.615. The van der Waals surface area contributed by atoms with E-state index in [1.165, 1.54) is 17.7 Å². The van der Waals surface area contributed by atoms with E-state index in [0.717, 1.165) is 11.3 Å². The lowest BCUT2D eigenvalue weighted by Crippen LogP contribution is -2.31. The first kappa shape index (κ1) is 12.6. The van der Waals surface area contributed by atoms with Gasteiger partial charge in [0, 0.05) is 15.8 Å². The lowest BCUT2D eigenvalue weighted by Gasteiger charge is -2.15. The fourth-order valence-electron chi connectivity index (χ4n) is 1.72. The van der Waals surface area contributed by atoms with E-state index in [4.69, 9.17) is 4.74 Å². The molecule has 1 aliphatic carbocycles. The van der Waals surface area contributed by atoms with Gasteiger partial charge in [-0.05, 0) is 38.3 Å². The molecule has 0 aromatic carbocycles. The first-order valence-corrected chi connectivity index (χ1v) is 7.07. The van der Waals surface area contributed by atoms with Crippen LogP contribution in [-0.4, -0.2) is 18.6 Å². The van der Waals surface area contributed by atoms with Gasteiger partial charge in [0.25, 0.3) is 0 Å². The molecule has 0 aliphatic heterocycles. The molecule has 4 heteroatoms. The second-order valence-corrected chi connectivity index (χ2v) is 5.48. The van der Waals surface area contributed by atoms with E-state index < -0.39 is 0 Å². The van der Waals surface area contributed by atoms with Crippen molar-refractivity contribution in [2.24, 2.45) is 0 Å². The van der Waals surface area contributed by atoms with Crippen molar-refractivity contribution < 1.29 is 9.53 Å². The van der Waals surface area contributed by atoms with Crippen LogP contribution in [0.4, 0.5) is 0 Å². The van der Waals surface area contributed by atoms with Gasteiger partial charge in [0.05, 0.1) is 6.61 Å². The van der Waals surface area contributed by atoms with Gasteiger partial charge in [0.15, 0.2) is 0 Å². The third-order valence-electron chi connectivity index (χ3n) is 2.82. The van der Waals surface area contributed by atoms with Gasteiger partial charge in [0.2, 0.25) is 0 Å². The number of carbonyl (C=O) groups excluding carboxylic acids is 1. The largest absolute Gasteiger partial charge is 0.465 e. The summed E-state index contributed by atoms with van der Waals surface area (Å²) in [6.45, 7) is 4.41. The number of ether oxygens (including phenoxy) is 1. The van der Waals surface area contributed by atoms with Crippen LogP contribution in [0.1, 0.15) is 42.5 Å². The van der Waals surface area contributed by atoms with Gasteiger partial charge in [-0.3, -0.25) is 5.32 Å². The third-order valence-corrected chi connectivity index (χ3v) is 4.11. The van der Waals surface area contributed by atoms with Gasteiger partial charge in [0.1, 0.15) is 6.04 Å². The van der Waals surface area contributed by atoms with Crippen LogP contribution in [0, 0.1) is 0 Å². The normalized spacial score (nSPS) is 16.8. The molecule has 3 nitrogen and oxygen atoms in total. The highest BCUT2D eigenvalue weighted by molar-refractivity contribution is 7.12. The Morgan fingerprint density at radius 2 is 2.29 bits per heavy atom. The van der Waals surface area contributed by atoms with E-state index in [9.17, 15) is 4.79 Å². The van der Waals surface area contributed by atoms with E-state index in [-0.39, 0.29) is 12.0 Å².